The lowest BCUT2D eigenvalue weighted by atomic mass is 10.1. The number of amides is 1. The molecule has 0 spiro atoms. The Morgan fingerprint density at radius 2 is 2.00 bits per heavy atom. The predicted molar refractivity (Wildman–Crippen MR) is 56.4 cm³/mol. The fourth-order valence-corrected chi connectivity index (χ4v) is 1.62. The van der Waals surface area contributed by atoms with Crippen LogP contribution in [0.15, 0.2) is 24.3 Å². The van der Waals surface area contributed by atoms with Gasteiger partial charge in [-0.2, -0.15) is 0 Å². The molecular formula is C12H14FNO. The van der Waals surface area contributed by atoms with Gasteiger partial charge in [0.1, 0.15) is 6.17 Å². The molecule has 0 atom stereocenters. The Balaban J connectivity index is 1.91. The van der Waals surface area contributed by atoms with Gasteiger partial charge in [0.05, 0.1) is 19.5 Å². The summed E-state index contributed by atoms with van der Waals surface area (Å²) in [6.07, 6.45) is -0.431. The third-order valence-corrected chi connectivity index (χ3v) is 2.67. The number of halogens is 1. The van der Waals surface area contributed by atoms with Gasteiger partial charge < -0.3 is 4.90 Å². The van der Waals surface area contributed by atoms with Gasteiger partial charge in [0, 0.05) is 0 Å². The molecule has 1 amide bonds. The van der Waals surface area contributed by atoms with Gasteiger partial charge in [0.2, 0.25) is 5.91 Å². The van der Waals surface area contributed by atoms with Gasteiger partial charge >= 0.3 is 0 Å². The smallest absolute Gasteiger partial charge is 0.227 e. The topological polar surface area (TPSA) is 20.3 Å². The number of aryl methyl sites for hydroxylation is 1. The van der Waals surface area contributed by atoms with Crippen LogP contribution in [0.4, 0.5) is 4.39 Å². The molecule has 1 heterocycles. The Bertz CT molecular complexity index is 354. The quantitative estimate of drug-likeness (QED) is 0.723. The van der Waals surface area contributed by atoms with Crippen LogP contribution in [0.25, 0.3) is 0 Å². The average Bonchev–Trinajstić information content (AvgIpc) is 2.17. The standard InChI is InChI=1S/C12H14FNO/c1-9-2-4-10(5-3-9)6-12(15)14-7-11(13)8-14/h2-5,11H,6-8H2,1H3. The fourth-order valence-electron chi connectivity index (χ4n) is 1.62. The van der Waals surface area contributed by atoms with Gasteiger partial charge in [-0.05, 0) is 12.5 Å². The Hall–Kier alpha value is -1.38. The fraction of sp³-hybridized carbons (Fsp3) is 0.417. The van der Waals surface area contributed by atoms with Crippen LogP contribution in [-0.2, 0) is 11.2 Å². The Morgan fingerprint density at radius 3 is 2.53 bits per heavy atom. The summed E-state index contributed by atoms with van der Waals surface area (Å²) < 4.78 is 12.5. The summed E-state index contributed by atoms with van der Waals surface area (Å²) in [5, 5.41) is 0. The zero-order valence-corrected chi connectivity index (χ0v) is 8.74. The van der Waals surface area contributed by atoms with E-state index < -0.39 is 6.17 Å². The van der Waals surface area contributed by atoms with E-state index in [-0.39, 0.29) is 19.0 Å². The highest BCUT2D eigenvalue weighted by Crippen LogP contribution is 2.13. The van der Waals surface area contributed by atoms with E-state index in [9.17, 15) is 9.18 Å². The van der Waals surface area contributed by atoms with E-state index in [1.165, 1.54) is 5.56 Å². The molecule has 0 radical (unpaired) electrons. The number of hydrogen-bond donors (Lipinski definition) is 0. The highest BCUT2D eigenvalue weighted by Gasteiger charge is 2.29. The van der Waals surface area contributed by atoms with Crippen molar-refractivity contribution in [3.8, 4) is 0 Å². The molecule has 0 saturated carbocycles. The van der Waals surface area contributed by atoms with E-state index >= 15 is 0 Å². The maximum atomic E-state index is 12.5. The number of rotatable bonds is 2. The minimum atomic E-state index is -0.813. The SMILES string of the molecule is Cc1ccc(CC(=O)N2CC(F)C2)cc1. The minimum absolute atomic E-state index is 0.0211. The number of alkyl halides is 1. The van der Waals surface area contributed by atoms with Gasteiger partial charge in [-0.25, -0.2) is 4.39 Å². The van der Waals surface area contributed by atoms with Crippen molar-refractivity contribution >= 4 is 5.91 Å². The second-order valence-corrected chi connectivity index (χ2v) is 4.06. The van der Waals surface area contributed by atoms with E-state index in [0.717, 1.165) is 5.56 Å². The van der Waals surface area contributed by atoms with Crippen LogP contribution in [0.5, 0.6) is 0 Å². The van der Waals surface area contributed by atoms with Crippen molar-refractivity contribution in [1.82, 2.24) is 4.90 Å². The first-order valence-corrected chi connectivity index (χ1v) is 5.12. The lowest BCUT2D eigenvalue weighted by Crippen LogP contribution is -2.51. The van der Waals surface area contributed by atoms with E-state index in [0.29, 0.717) is 6.42 Å². The van der Waals surface area contributed by atoms with Crippen LogP contribution in [0, 0.1) is 6.92 Å². The maximum absolute atomic E-state index is 12.5. The van der Waals surface area contributed by atoms with Crippen molar-refractivity contribution < 1.29 is 9.18 Å². The van der Waals surface area contributed by atoms with Gasteiger partial charge in [-0.3, -0.25) is 4.79 Å². The molecule has 1 aromatic carbocycles. The molecule has 1 saturated heterocycles. The van der Waals surface area contributed by atoms with Crippen molar-refractivity contribution in [1.29, 1.82) is 0 Å². The Kier molecular flexibility index (Phi) is 2.71. The molecular weight excluding hydrogens is 193 g/mol. The van der Waals surface area contributed by atoms with Crippen molar-refractivity contribution in [3.63, 3.8) is 0 Å². The van der Waals surface area contributed by atoms with E-state index in [4.69, 9.17) is 0 Å². The third kappa shape index (κ3) is 2.35. The molecule has 3 heteroatoms. The summed E-state index contributed by atoms with van der Waals surface area (Å²) in [5.74, 6) is 0.0211. The monoisotopic (exact) mass is 207 g/mol. The molecule has 15 heavy (non-hydrogen) atoms. The number of likely N-dealkylation sites (tertiary alicyclic amines) is 1. The average molecular weight is 207 g/mol. The number of carbonyl (C=O) groups is 1. The molecule has 0 unspecified atom stereocenters. The summed E-state index contributed by atoms with van der Waals surface area (Å²) in [6.45, 7) is 2.55. The molecule has 2 rings (SSSR count). The summed E-state index contributed by atoms with van der Waals surface area (Å²) in [6, 6.07) is 7.85. The molecule has 2 nitrogen and oxygen atoms in total. The zero-order chi connectivity index (χ0) is 10.8. The summed E-state index contributed by atoms with van der Waals surface area (Å²) in [5.41, 5.74) is 2.17. The van der Waals surface area contributed by atoms with Crippen LogP contribution in [-0.4, -0.2) is 30.1 Å². The van der Waals surface area contributed by atoms with Crippen molar-refractivity contribution in [3.05, 3.63) is 35.4 Å². The molecule has 1 fully saturated rings. The maximum Gasteiger partial charge on any atom is 0.227 e. The molecule has 0 bridgehead atoms. The van der Waals surface area contributed by atoms with Crippen LogP contribution in [0.3, 0.4) is 0 Å². The van der Waals surface area contributed by atoms with Crippen LogP contribution >= 0.6 is 0 Å². The number of hydrogen-bond acceptors (Lipinski definition) is 1. The highest BCUT2D eigenvalue weighted by atomic mass is 19.1. The lowest BCUT2D eigenvalue weighted by molar-refractivity contribution is -0.137. The van der Waals surface area contributed by atoms with Gasteiger partial charge in [0.15, 0.2) is 0 Å². The zero-order valence-electron chi connectivity index (χ0n) is 8.74. The molecule has 1 aliphatic heterocycles. The third-order valence-electron chi connectivity index (χ3n) is 2.67. The van der Waals surface area contributed by atoms with Crippen LogP contribution < -0.4 is 0 Å². The molecule has 80 valence electrons. The number of carbonyl (C=O) groups excluding carboxylic acids is 1. The molecule has 1 aromatic rings. The van der Waals surface area contributed by atoms with E-state index in [2.05, 4.69) is 0 Å². The largest absolute Gasteiger partial charge is 0.336 e. The first kappa shape index (κ1) is 10.1. The van der Waals surface area contributed by atoms with Crippen molar-refractivity contribution in [2.75, 3.05) is 13.1 Å². The van der Waals surface area contributed by atoms with E-state index in [1.807, 2.05) is 31.2 Å². The summed E-state index contributed by atoms with van der Waals surface area (Å²) in [4.78, 5) is 13.1. The van der Waals surface area contributed by atoms with Crippen molar-refractivity contribution in [2.45, 2.75) is 19.5 Å². The molecule has 0 aliphatic carbocycles. The van der Waals surface area contributed by atoms with Gasteiger partial charge in [0.25, 0.3) is 0 Å². The van der Waals surface area contributed by atoms with Gasteiger partial charge in [-0.1, -0.05) is 29.8 Å². The summed E-state index contributed by atoms with van der Waals surface area (Å²) >= 11 is 0. The lowest BCUT2D eigenvalue weighted by Gasteiger charge is -2.34. The van der Waals surface area contributed by atoms with Crippen molar-refractivity contribution in [2.24, 2.45) is 0 Å². The number of nitrogens with zero attached hydrogens (tertiary/aromatic N) is 1. The number of benzene rings is 1. The molecule has 0 N–H and O–H groups in total. The first-order chi connectivity index (χ1) is 7.15. The normalized spacial score (nSPS) is 16.3. The Labute approximate surface area is 88.7 Å². The second-order valence-electron chi connectivity index (χ2n) is 4.06. The minimum Gasteiger partial charge on any atom is -0.336 e. The predicted octanol–water partition coefficient (Wildman–Crippen LogP) is 1.72. The summed E-state index contributed by atoms with van der Waals surface area (Å²) in [7, 11) is 0. The Morgan fingerprint density at radius 1 is 1.40 bits per heavy atom. The first-order valence-electron chi connectivity index (χ1n) is 5.12. The molecule has 1 aliphatic rings. The van der Waals surface area contributed by atoms with Crippen LogP contribution in [0.1, 0.15) is 11.1 Å². The van der Waals surface area contributed by atoms with E-state index in [1.54, 1.807) is 4.90 Å². The van der Waals surface area contributed by atoms with Gasteiger partial charge in [-0.15, -0.1) is 0 Å². The second kappa shape index (κ2) is 4.01. The molecule has 0 aromatic heterocycles. The van der Waals surface area contributed by atoms with Crippen LogP contribution in [0.2, 0.25) is 0 Å². The highest BCUT2D eigenvalue weighted by molar-refractivity contribution is 5.79.